The van der Waals surface area contributed by atoms with Gasteiger partial charge >= 0.3 is 5.97 Å². The quantitative estimate of drug-likeness (QED) is 0.762. The average Bonchev–Trinajstić information content (AvgIpc) is 3.07. The fourth-order valence-corrected chi connectivity index (χ4v) is 3.64. The third kappa shape index (κ3) is 3.37. The zero-order valence-electron chi connectivity index (χ0n) is 15.3. The number of hydrogen-bond donors (Lipinski definition) is 0. The maximum Gasteiger partial charge on any atom is 0.338 e. The van der Waals surface area contributed by atoms with E-state index in [0.717, 1.165) is 0 Å². The molecule has 0 radical (unpaired) electrons. The van der Waals surface area contributed by atoms with Crippen LogP contribution in [0.5, 0.6) is 0 Å². The Morgan fingerprint density at radius 3 is 2.27 bits per heavy atom. The van der Waals surface area contributed by atoms with Gasteiger partial charge in [-0.25, -0.2) is 4.79 Å². The maximum absolute atomic E-state index is 12.2. The smallest absolute Gasteiger partial charge is 0.338 e. The highest BCUT2D eigenvalue weighted by molar-refractivity contribution is 5.89. The summed E-state index contributed by atoms with van der Waals surface area (Å²) in [7, 11) is 0. The van der Waals surface area contributed by atoms with Crippen LogP contribution in [0.15, 0.2) is 30.3 Å². The Morgan fingerprint density at radius 2 is 1.54 bits per heavy atom. The van der Waals surface area contributed by atoms with Crippen molar-refractivity contribution >= 4 is 5.97 Å². The van der Waals surface area contributed by atoms with Crippen molar-refractivity contribution in [1.29, 1.82) is 0 Å². The lowest BCUT2D eigenvalue weighted by Gasteiger charge is -2.36. The normalized spacial score (nSPS) is 37.0. The Labute approximate surface area is 152 Å². The molecule has 3 heterocycles. The molecule has 0 saturated carbocycles. The molecule has 3 aliphatic heterocycles. The lowest BCUT2D eigenvalue weighted by Crippen LogP contribution is -2.56. The Bertz CT molecular complexity index is 672. The summed E-state index contributed by atoms with van der Waals surface area (Å²) in [4.78, 5) is 12.2. The Kier molecular flexibility index (Phi) is 4.32. The van der Waals surface area contributed by atoms with Gasteiger partial charge < -0.3 is 28.4 Å². The van der Waals surface area contributed by atoms with E-state index in [4.69, 9.17) is 28.4 Å². The summed E-state index contributed by atoms with van der Waals surface area (Å²) in [6.45, 7) is 7.38. The van der Waals surface area contributed by atoms with Crippen LogP contribution in [0.3, 0.4) is 0 Å². The largest absolute Gasteiger partial charge is 0.459 e. The summed E-state index contributed by atoms with van der Waals surface area (Å²) in [6.07, 6.45) is -2.26. The molecule has 7 heteroatoms. The molecule has 0 N–H and O–H groups in total. The van der Waals surface area contributed by atoms with Gasteiger partial charge in [-0.1, -0.05) is 18.2 Å². The second kappa shape index (κ2) is 6.28. The van der Waals surface area contributed by atoms with E-state index < -0.39 is 42.1 Å². The number of carbonyl (C=O) groups is 1. The molecular weight excluding hydrogens is 340 g/mol. The summed E-state index contributed by atoms with van der Waals surface area (Å²) in [5.74, 6) is -1.95. The Morgan fingerprint density at radius 1 is 0.923 bits per heavy atom. The van der Waals surface area contributed by atoms with Crippen molar-refractivity contribution in [3.8, 4) is 0 Å². The van der Waals surface area contributed by atoms with E-state index in [0.29, 0.717) is 5.56 Å². The van der Waals surface area contributed by atoms with Gasteiger partial charge in [-0.3, -0.25) is 0 Å². The van der Waals surface area contributed by atoms with E-state index in [1.165, 1.54) is 0 Å². The second-order valence-corrected chi connectivity index (χ2v) is 7.67. The molecule has 0 amide bonds. The van der Waals surface area contributed by atoms with E-state index in [2.05, 4.69) is 0 Å². The van der Waals surface area contributed by atoms with Crippen LogP contribution >= 0.6 is 0 Å². The van der Waals surface area contributed by atoms with Crippen LogP contribution in [-0.4, -0.2) is 54.9 Å². The molecule has 0 bridgehead atoms. The summed E-state index contributed by atoms with van der Waals surface area (Å²) >= 11 is 0. The van der Waals surface area contributed by atoms with E-state index in [1.807, 2.05) is 33.8 Å². The van der Waals surface area contributed by atoms with Crippen molar-refractivity contribution in [2.24, 2.45) is 0 Å². The van der Waals surface area contributed by atoms with Gasteiger partial charge in [0.15, 0.2) is 17.9 Å². The fourth-order valence-electron chi connectivity index (χ4n) is 3.64. The first-order valence-electron chi connectivity index (χ1n) is 8.83. The number of hydrogen-bond acceptors (Lipinski definition) is 7. The maximum atomic E-state index is 12.2. The predicted molar refractivity (Wildman–Crippen MR) is 89.2 cm³/mol. The van der Waals surface area contributed by atoms with Crippen molar-refractivity contribution in [3.05, 3.63) is 35.9 Å². The number of rotatable bonds is 3. The van der Waals surface area contributed by atoms with Crippen molar-refractivity contribution in [2.45, 2.75) is 70.0 Å². The van der Waals surface area contributed by atoms with Crippen LogP contribution in [-0.2, 0) is 28.4 Å². The number of carbonyl (C=O) groups excluding carboxylic acids is 1. The molecule has 0 unspecified atom stereocenters. The molecule has 26 heavy (non-hydrogen) atoms. The van der Waals surface area contributed by atoms with Crippen molar-refractivity contribution in [2.75, 3.05) is 6.61 Å². The lowest BCUT2D eigenvalue weighted by molar-refractivity contribution is -0.240. The minimum absolute atomic E-state index is 0.0430. The van der Waals surface area contributed by atoms with Gasteiger partial charge in [0.1, 0.15) is 31.0 Å². The zero-order valence-corrected chi connectivity index (χ0v) is 15.3. The lowest BCUT2D eigenvalue weighted by atomic mass is 9.99. The highest BCUT2D eigenvalue weighted by Crippen LogP contribution is 2.44. The molecule has 3 aliphatic rings. The third-order valence-electron chi connectivity index (χ3n) is 4.64. The first-order chi connectivity index (χ1) is 12.2. The summed E-state index contributed by atoms with van der Waals surface area (Å²) in [5, 5.41) is 0. The molecule has 142 valence electrons. The van der Waals surface area contributed by atoms with Crippen LogP contribution in [0.1, 0.15) is 38.1 Å². The van der Waals surface area contributed by atoms with Crippen LogP contribution < -0.4 is 0 Å². The van der Waals surface area contributed by atoms with Gasteiger partial charge in [0.25, 0.3) is 0 Å². The molecular formula is C19H24O7. The molecule has 5 atom stereocenters. The fraction of sp³-hybridized carbons (Fsp3) is 0.632. The number of fused-ring (bicyclic) bond motifs is 3. The van der Waals surface area contributed by atoms with E-state index in [1.54, 1.807) is 24.3 Å². The Balaban J connectivity index is 1.48. The molecule has 3 fully saturated rings. The molecule has 0 spiro atoms. The van der Waals surface area contributed by atoms with Crippen LogP contribution in [0.25, 0.3) is 0 Å². The molecule has 0 aromatic heterocycles. The van der Waals surface area contributed by atoms with Gasteiger partial charge in [0.05, 0.1) is 5.56 Å². The topological polar surface area (TPSA) is 72.5 Å². The minimum atomic E-state index is -0.772. The molecule has 1 aromatic carbocycles. The van der Waals surface area contributed by atoms with E-state index >= 15 is 0 Å². The van der Waals surface area contributed by atoms with Gasteiger partial charge in [0.2, 0.25) is 0 Å². The van der Waals surface area contributed by atoms with E-state index in [9.17, 15) is 4.79 Å². The zero-order chi connectivity index (χ0) is 18.5. The highest BCUT2D eigenvalue weighted by Gasteiger charge is 2.60. The van der Waals surface area contributed by atoms with Crippen molar-refractivity contribution in [1.82, 2.24) is 0 Å². The first-order valence-corrected chi connectivity index (χ1v) is 8.83. The molecule has 1 aromatic rings. The van der Waals surface area contributed by atoms with Gasteiger partial charge in [-0.05, 0) is 39.8 Å². The molecule has 0 aliphatic carbocycles. The highest BCUT2D eigenvalue weighted by atomic mass is 16.9. The van der Waals surface area contributed by atoms with Crippen molar-refractivity contribution in [3.63, 3.8) is 0 Å². The first kappa shape index (κ1) is 17.9. The summed E-state index contributed by atoms with van der Waals surface area (Å²) in [6, 6.07) is 8.83. The minimum Gasteiger partial charge on any atom is -0.459 e. The average molecular weight is 364 g/mol. The molecule has 3 saturated heterocycles. The van der Waals surface area contributed by atoms with Crippen LogP contribution in [0.4, 0.5) is 0 Å². The standard InChI is InChI=1S/C19H24O7/c1-18(2)23-13-12(10-21-16(20)11-8-6-5-7-9-11)22-17-15(14(13)24-18)25-19(3,4)26-17/h5-9,12-15,17H,10H2,1-4H3/t12-,13-,14+,15+,17-/m0/s1. The number of ether oxygens (including phenoxy) is 6. The predicted octanol–water partition coefficient (Wildman–Crippen LogP) is 2.24. The molecule has 7 nitrogen and oxygen atoms in total. The van der Waals surface area contributed by atoms with Gasteiger partial charge in [0, 0.05) is 0 Å². The number of benzene rings is 1. The Hall–Kier alpha value is -1.51. The van der Waals surface area contributed by atoms with Crippen LogP contribution in [0.2, 0.25) is 0 Å². The van der Waals surface area contributed by atoms with E-state index in [-0.39, 0.29) is 12.7 Å². The third-order valence-corrected chi connectivity index (χ3v) is 4.64. The summed E-state index contributed by atoms with van der Waals surface area (Å²) in [5.41, 5.74) is 0.489. The monoisotopic (exact) mass is 364 g/mol. The van der Waals surface area contributed by atoms with Crippen LogP contribution in [0, 0.1) is 0 Å². The van der Waals surface area contributed by atoms with Gasteiger partial charge in [-0.15, -0.1) is 0 Å². The van der Waals surface area contributed by atoms with Crippen molar-refractivity contribution < 1.29 is 33.2 Å². The SMILES string of the molecule is CC1(C)O[C@@H]2[C@@H](O1)[C@H](COC(=O)c1ccccc1)O[C@H]1OC(C)(C)O[C@@H]12. The van der Waals surface area contributed by atoms with Gasteiger partial charge in [-0.2, -0.15) is 0 Å². The number of esters is 1. The summed E-state index contributed by atoms with van der Waals surface area (Å²) < 4.78 is 35.3. The molecule has 4 rings (SSSR count). The second-order valence-electron chi connectivity index (χ2n) is 7.67.